The number of aliphatic imine (C=N–C) groups is 1. The molecule has 0 saturated carbocycles. The molecule has 1 amide bonds. The largest absolute Gasteiger partial charge is 0.493 e. The van der Waals surface area contributed by atoms with Crippen LogP contribution in [0.4, 0.5) is 0 Å². The van der Waals surface area contributed by atoms with Gasteiger partial charge in [-0.25, -0.2) is 4.99 Å². The number of rotatable bonds is 10. The lowest BCUT2D eigenvalue weighted by Gasteiger charge is -2.12. The zero-order valence-corrected chi connectivity index (χ0v) is 21.2. The molecule has 0 aliphatic carbocycles. The number of amides is 1. The first-order valence-corrected chi connectivity index (χ1v) is 10.6. The van der Waals surface area contributed by atoms with E-state index in [2.05, 4.69) is 34.8 Å². The minimum atomic E-state index is -0.0691. The van der Waals surface area contributed by atoms with Crippen LogP contribution in [0.2, 0.25) is 0 Å². The molecule has 2 aromatic rings. The highest BCUT2D eigenvalue weighted by molar-refractivity contribution is 14.0. The Labute approximate surface area is 203 Å². The molecule has 0 atom stereocenters. The number of halogens is 1. The Morgan fingerprint density at radius 2 is 1.81 bits per heavy atom. The first-order chi connectivity index (χ1) is 14.5. The molecule has 0 spiro atoms. The van der Waals surface area contributed by atoms with Crippen molar-refractivity contribution < 1.29 is 9.53 Å². The van der Waals surface area contributed by atoms with Gasteiger partial charge in [-0.05, 0) is 54.7 Å². The number of ether oxygens (including phenoxy) is 1. The molecule has 0 bridgehead atoms. The molecule has 31 heavy (non-hydrogen) atoms. The Hall–Kier alpha value is -2.29. The third-order valence-electron chi connectivity index (χ3n) is 4.39. The van der Waals surface area contributed by atoms with Gasteiger partial charge in [-0.3, -0.25) is 4.79 Å². The predicted molar refractivity (Wildman–Crippen MR) is 139 cm³/mol. The lowest BCUT2D eigenvalue weighted by atomic mass is 10.1. The van der Waals surface area contributed by atoms with E-state index in [0.717, 1.165) is 49.0 Å². The van der Waals surface area contributed by atoms with Crippen LogP contribution in [0.15, 0.2) is 53.5 Å². The Balaban J connectivity index is 0.00000480. The number of hydrogen-bond donors (Lipinski definition) is 3. The van der Waals surface area contributed by atoms with Crippen molar-refractivity contribution in [2.45, 2.75) is 33.7 Å². The van der Waals surface area contributed by atoms with Crippen LogP contribution in [0.3, 0.4) is 0 Å². The van der Waals surface area contributed by atoms with Gasteiger partial charge in [0, 0.05) is 25.7 Å². The van der Waals surface area contributed by atoms with Crippen molar-refractivity contribution in [3.63, 3.8) is 0 Å². The highest BCUT2D eigenvalue weighted by atomic mass is 127. The topological polar surface area (TPSA) is 74.8 Å². The van der Waals surface area contributed by atoms with E-state index in [0.29, 0.717) is 18.0 Å². The number of guanidine groups is 1. The molecule has 0 radical (unpaired) electrons. The third kappa shape index (κ3) is 10.0. The molecule has 0 saturated heterocycles. The van der Waals surface area contributed by atoms with Gasteiger partial charge < -0.3 is 20.7 Å². The van der Waals surface area contributed by atoms with E-state index >= 15 is 0 Å². The van der Waals surface area contributed by atoms with Gasteiger partial charge in [0.05, 0.1) is 13.2 Å². The van der Waals surface area contributed by atoms with E-state index in [1.807, 2.05) is 55.5 Å². The van der Waals surface area contributed by atoms with Crippen LogP contribution >= 0.6 is 24.0 Å². The van der Waals surface area contributed by atoms with E-state index in [4.69, 9.17) is 4.74 Å². The molecule has 0 aliphatic heterocycles. The van der Waals surface area contributed by atoms with Gasteiger partial charge in [0.25, 0.3) is 5.91 Å². The summed E-state index contributed by atoms with van der Waals surface area (Å²) in [6.07, 6.45) is 0.803. The number of nitrogens with one attached hydrogen (secondary N) is 3. The van der Waals surface area contributed by atoms with E-state index in [1.54, 1.807) is 7.05 Å². The molecule has 2 aromatic carbocycles. The van der Waals surface area contributed by atoms with E-state index in [-0.39, 0.29) is 29.9 Å². The van der Waals surface area contributed by atoms with Crippen LogP contribution < -0.4 is 20.7 Å². The second-order valence-corrected chi connectivity index (χ2v) is 7.50. The Kier molecular flexibility index (Phi) is 12.7. The lowest BCUT2D eigenvalue weighted by molar-refractivity contribution is 0.0963. The number of hydrogen-bond acceptors (Lipinski definition) is 3. The molecule has 0 fully saturated rings. The highest BCUT2D eigenvalue weighted by Crippen LogP contribution is 2.14. The first-order valence-electron chi connectivity index (χ1n) is 10.6. The summed E-state index contributed by atoms with van der Waals surface area (Å²) in [6.45, 7) is 9.15. The summed E-state index contributed by atoms with van der Waals surface area (Å²) >= 11 is 0. The molecule has 3 N–H and O–H groups in total. The van der Waals surface area contributed by atoms with Crippen LogP contribution in [0.5, 0.6) is 5.75 Å². The van der Waals surface area contributed by atoms with E-state index < -0.39 is 0 Å². The van der Waals surface area contributed by atoms with E-state index in [9.17, 15) is 4.79 Å². The molecule has 7 heteroatoms. The smallest absolute Gasteiger partial charge is 0.251 e. The van der Waals surface area contributed by atoms with Crippen LogP contribution in [-0.2, 0) is 13.0 Å². The van der Waals surface area contributed by atoms with Gasteiger partial charge in [0.15, 0.2) is 5.96 Å². The molecule has 0 heterocycles. The monoisotopic (exact) mass is 538 g/mol. The third-order valence-corrected chi connectivity index (χ3v) is 4.39. The second-order valence-electron chi connectivity index (χ2n) is 7.50. The fourth-order valence-corrected chi connectivity index (χ4v) is 2.80. The number of nitrogens with zero attached hydrogens (tertiary/aromatic N) is 1. The zero-order valence-electron chi connectivity index (χ0n) is 18.9. The zero-order chi connectivity index (χ0) is 21.8. The maximum absolute atomic E-state index is 11.8. The average molecular weight is 538 g/mol. The van der Waals surface area contributed by atoms with Gasteiger partial charge in [-0.1, -0.05) is 38.1 Å². The van der Waals surface area contributed by atoms with Gasteiger partial charge in [-0.15, -0.1) is 24.0 Å². The summed E-state index contributed by atoms with van der Waals surface area (Å²) in [5.41, 5.74) is 2.91. The standard InChI is InChI=1S/C24H34N4O2.HI/c1-5-26-24(27-14-13-19-7-6-8-21(15-19)23(29)25-4)28-16-20-9-11-22(12-10-20)30-17-18(2)3;/h6-12,15,18H,5,13-14,16-17H2,1-4H3,(H,25,29)(H2,26,27,28);1H. The maximum Gasteiger partial charge on any atom is 0.251 e. The molecule has 6 nitrogen and oxygen atoms in total. The molecular formula is C24H35IN4O2. The van der Waals surface area contributed by atoms with Crippen molar-refractivity contribution in [3.05, 3.63) is 65.2 Å². The number of carbonyl (C=O) groups excluding carboxylic acids is 1. The molecule has 0 aromatic heterocycles. The minimum absolute atomic E-state index is 0. The fraction of sp³-hybridized carbons (Fsp3) is 0.417. The summed E-state index contributed by atoms with van der Waals surface area (Å²) in [5.74, 6) is 2.11. The van der Waals surface area contributed by atoms with Crippen LogP contribution in [0.1, 0.15) is 42.3 Å². The predicted octanol–water partition coefficient (Wildman–Crippen LogP) is 4.00. The Bertz CT molecular complexity index is 823. The molecule has 2 rings (SSSR count). The first kappa shape index (κ1) is 26.7. The molecule has 0 unspecified atom stereocenters. The van der Waals surface area contributed by atoms with Gasteiger partial charge in [0.1, 0.15) is 5.75 Å². The molecular weight excluding hydrogens is 503 g/mol. The molecule has 170 valence electrons. The van der Waals surface area contributed by atoms with Crippen molar-refractivity contribution in [2.24, 2.45) is 10.9 Å². The van der Waals surface area contributed by atoms with Crippen LogP contribution in [0.25, 0.3) is 0 Å². The average Bonchev–Trinajstić information content (AvgIpc) is 2.76. The summed E-state index contributed by atoms with van der Waals surface area (Å²) in [7, 11) is 1.64. The minimum Gasteiger partial charge on any atom is -0.493 e. The summed E-state index contributed by atoms with van der Waals surface area (Å²) in [4.78, 5) is 16.4. The van der Waals surface area contributed by atoms with Gasteiger partial charge in [0.2, 0.25) is 0 Å². The number of carbonyl (C=O) groups is 1. The van der Waals surface area contributed by atoms with Crippen molar-refractivity contribution in [1.82, 2.24) is 16.0 Å². The normalized spacial score (nSPS) is 10.9. The maximum atomic E-state index is 11.8. The Morgan fingerprint density at radius 3 is 2.45 bits per heavy atom. The number of benzene rings is 2. The highest BCUT2D eigenvalue weighted by Gasteiger charge is 2.04. The van der Waals surface area contributed by atoms with Gasteiger partial charge in [-0.2, -0.15) is 0 Å². The quantitative estimate of drug-likeness (QED) is 0.243. The summed E-state index contributed by atoms with van der Waals surface area (Å²) in [6, 6.07) is 15.8. The van der Waals surface area contributed by atoms with Crippen LogP contribution in [0, 0.1) is 5.92 Å². The summed E-state index contributed by atoms with van der Waals surface area (Å²) in [5, 5.41) is 9.29. The van der Waals surface area contributed by atoms with Gasteiger partial charge >= 0.3 is 0 Å². The van der Waals surface area contributed by atoms with Crippen LogP contribution in [-0.4, -0.2) is 38.6 Å². The SMILES string of the molecule is CCNC(=NCc1ccc(OCC(C)C)cc1)NCCc1cccc(C(=O)NC)c1.I. The Morgan fingerprint density at radius 1 is 1.06 bits per heavy atom. The second kappa shape index (κ2) is 14.7. The lowest BCUT2D eigenvalue weighted by Crippen LogP contribution is -2.38. The van der Waals surface area contributed by atoms with Crippen molar-refractivity contribution in [3.8, 4) is 5.75 Å². The van der Waals surface area contributed by atoms with Crippen molar-refractivity contribution >= 4 is 35.8 Å². The fourth-order valence-electron chi connectivity index (χ4n) is 2.80. The van der Waals surface area contributed by atoms with Crippen molar-refractivity contribution in [2.75, 3.05) is 26.7 Å². The van der Waals surface area contributed by atoms with E-state index in [1.165, 1.54) is 0 Å². The summed E-state index contributed by atoms with van der Waals surface area (Å²) < 4.78 is 5.73. The van der Waals surface area contributed by atoms with Crippen molar-refractivity contribution in [1.29, 1.82) is 0 Å². The molecule has 0 aliphatic rings.